The Morgan fingerprint density at radius 3 is 2.85 bits per heavy atom. The van der Waals surface area contributed by atoms with Crippen LogP contribution in [-0.2, 0) is 9.53 Å². The van der Waals surface area contributed by atoms with E-state index in [1.807, 2.05) is 6.08 Å². The molecule has 0 amide bonds. The highest BCUT2D eigenvalue weighted by Crippen LogP contribution is 2.28. The predicted molar refractivity (Wildman–Crippen MR) is 52.6 cm³/mol. The first-order valence-electron chi connectivity index (χ1n) is 5.16. The van der Waals surface area contributed by atoms with E-state index < -0.39 is 0 Å². The van der Waals surface area contributed by atoms with Crippen molar-refractivity contribution in [2.24, 2.45) is 0 Å². The molecular weight excluding hydrogens is 164 g/mol. The van der Waals surface area contributed by atoms with Gasteiger partial charge in [0.2, 0.25) is 0 Å². The van der Waals surface area contributed by atoms with E-state index in [1.54, 1.807) is 0 Å². The van der Waals surface area contributed by atoms with Crippen LogP contribution in [0.2, 0.25) is 0 Å². The van der Waals surface area contributed by atoms with Crippen molar-refractivity contribution in [3.63, 3.8) is 0 Å². The first kappa shape index (κ1) is 10.5. The molecule has 0 spiro atoms. The Labute approximate surface area is 80.0 Å². The highest BCUT2D eigenvalue weighted by molar-refractivity contribution is 5.64. The fourth-order valence-electron chi connectivity index (χ4n) is 1.49. The van der Waals surface area contributed by atoms with Crippen LogP contribution < -0.4 is 0 Å². The van der Waals surface area contributed by atoms with Gasteiger partial charge in [-0.3, -0.25) is 4.79 Å². The van der Waals surface area contributed by atoms with Crippen LogP contribution >= 0.6 is 0 Å². The second-order valence-electron chi connectivity index (χ2n) is 3.51. The van der Waals surface area contributed by atoms with Gasteiger partial charge in [0.15, 0.2) is 0 Å². The normalized spacial score (nSPS) is 26.5. The van der Waals surface area contributed by atoms with Crippen molar-refractivity contribution in [1.82, 2.24) is 0 Å². The van der Waals surface area contributed by atoms with Crippen molar-refractivity contribution < 1.29 is 9.53 Å². The summed E-state index contributed by atoms with van der Waals surface area (Å²) in [5.41, 5.74) is 0. The molecular formula is C11H18O2. The van der Waals surface area contributed by atoms with Crippen molar-refractivity contribution in [3.05, 3.63) is 12.2 Å². The Morgan fingerprint density at radius 2 is 2.15 bits per heavy atom. The third-order valence-electron chi connectivity index (χ3n) is 2.34. The van der Waals surface area contributed by atoms with Crippen molar-refractivity contribution in [3.8, 4) is 0 Å². The number of carbonyl (C=O) groups is 1. The van der Waals surface area contributed by atoms with Crippen molar-refractivity contribution >= 4 is 6.29 Å². The Balaban J connectivity index is 1.94. The number of carbonyl (C=O) groups excluding carboxylic acids is 1. The van der Waals surface area contributed by atoms with Crippen LogP contribution in [0.25, 0.3) is 0 Å². The summed E-state index contributed by atoms with van der Waals surface area (Å²) < 4.78 is 5.35. The lowest BCUT2D eigenvalue weighted by molar-refractivity contribution is -0.104. The number of hydrogen-bond donors (Lipinski definition) is 0. The summed E-state index contributed by atoms with van der Waals surface area (Å²) in [5, 5.41) is 0. The molecule has 0 saturated carbocycles. The highest BCUT2D eigenvalue weighted by atomic mass is 16.6. The molecule has 0 aromatic carbocycles. The van der Waals surface area contributed by atoms with Crippen molar-refractivity contribution in [2.75, 3.05) is 0 Å². The highest BCUT2D eigenvalue weighted by Gasteiger charge is 2.35. The van der Waals surface area contributed by atoms with Gasteiger partial charge in [-0.1, -0.05) is 38.7 Å². The van der Waals surface area contributed by atoms with E-state index in [1.165, 1.54) is 31.8 Å². The molecule has 74 valence electrons. The lowest BCUT2D eigenvalue weighted by Gasteiger charge is -1.94. The summed E-state index contributed by atoms with van der Waals surface area (Å²) in [7, 11) is 0. The lowest BCUT2D eigenvalue weighted by atomic mass is 10.1. The second-order valence-corrected chi connectivity index (χ2v) is 3.51. The number of unbranched alkanes of at least 4 members (excludes halogenated alkanes) is 3. The van der Waals surface area contributed by atoms with Gasteiger partial charge in [-0.2, -0.15) is 0 Å². The van der Waals surface area contributed by atoms with Crippen LogP contribution in [0.4, 0.5) is 0 Å². The third kappa shape index (κ3) is 4.23. The maximum Gasteiger partial charge on any atom is 0.142 e. The minimum atomic E-state index is 0.229. The molecule has 0 aromatic rings. The minimum Gasteiger partial charge on any atom is -0.365 e. The maximum atomic E-state index is 10.0. The average molecular weight is 182 g/mol. The van der Waals surface area contributed by atoms with E-state index in [2.05, 4.69) is 6.92 Å². The van der Waals surface area contributed by atoms with Gasteiger partial charge in [-0.15, -0.1) is 0 Å². The molecule has 2 nitrogen and oxygen atoms in total. The summed E-state index contributed by atoms with van der Waals surface area (Å²) in [6.07, 6.45) is 11.1. The SMILES string of the molecule is CCCCCC[C@@H]1O[C@H]1/C=C/C=O. The average Bonchev–Trinajstić information content (AvgIpc) is 2.88. The molecule has 0 aromatic heterocycles. The fraction of sp³-hybridized carbons (Fsp3) is 0.727. The van der Waals surface area contributed by atoms with Gasteiger partial charge < -0.3 is 4.74 Å². The zero-order valence-corrected chi connectivity index (χ0v) is 8.24. The summed E-state index contributed by atoms with van der Waals surface area (Å²) in [5.74, 6) is 0. The van der Waals surface area contributed by atoms with E-state index in [0.29, 0.717) is 6.10 Å². The van der Waals surface area contributed by atoms with Gasteiger partial charge in [0.1, 0.15) is 12.4 Å². The number of rotatable bonds is 7. The molecule has 13 heavy (non-hydrogen) atoms. The largest absolute Gasteiger partial charge is 0.365 e. The van der Waals surface area contributed by atoms with Crippen LogP contribution in [0.15, 0.2) is 12.2 Å². The summed E-state index contributed by atoms with van der Waals surface area (Å²) >= 11 is 0. The maximum absolute atomic E-state index is 10.0. The predicted octanol–water partition coefficient (Wildman–Crippen LogP) is 2.48. The molecule has 2 heteroatoms. The first-order valence-corrected chi connectivity index (χ1v) is 5.16. The van der Waals surface area contributed by atoms with Gasteiger partial charge in [0, 0.05) is 0 Å². The molecule has 0 radical (unpaired) electrons. The number of epoxide rings is 1. The molecule has 1 aliphatic rings. The first-order chi connectivity index (χ1) is 6.38. The smallest absolute Gasteiger partial charge is 0.142 e. The third-order valence-corrected chi connectivity index (χ3v) is 2.34. The molecule has 1 fully saturated rings. The Morgan fingerprint density at radius 1 is 1.31 bits per heavy atom. The summed E-state index contributed by atoms with van der Waals surface area (Å²) in [6, 6.07) is 0. The van der Waals surface area contributed by atoms with Crippen LogP contribution in [0, 0.1) is 0 Å². The Hall–Kier alpha value is -0.630. The molecule has 1 heterocycles. The van der Waals surface area contributed by atoms with Gasteiger partial charge in [0.05, 0.1) is 6.10 Å². The van der Waals surface area contributed by atoms with Crippen LogP contribution in [0.3, 0.4) is 0 Å². The molecule has 0 unspecified atom stereocenters. The van der Waals surface area contributed by atoms with Gasteiger partial charge in [-0.25, -0.2) is 0 Å². The molecule has 2 atom stereocenters. The summed E-state index contributed by atoms with van der Waals surface area (Å²) in [4.78, 5) is 10.0. The topological polar surface area (TPSA) is 29.6 Å². The fourth-order valence-corrected chi connectivity index (χ4v) is 1.49. The van der Waals surface area contributed by atoms with E-state index >= 15 is 0 Å². The standard InChI is InChI=1S/C11H18O2/c1-2-3-4-5-7-10-11(13-10)8-6-9-12/h6,8-11H,2-5,7H2,1H3/b8-6+/t10-,11-/m0/s1. The molecule has 0 aliphatic carbocycles. The number of hydrogen-bond acceptors (Lipinski definition) is 2. The Bertz CT molecular complexity index is 175. The van der Waals surface area contributed by atoms with Gasteiger partial charge in [-0.05, 0) is 12.5 Å². The quantitative estimate of drug-likeness (QED) is 0.262. The zero-order chi connectivity index (χ0) is 9.52. The monoisotopic (exact) mass is 182 g/mol. The number of allylic oxidation sites excluding steroid dienone is 1. The second kappa shape index (κ2) is 5.92. The number of ether oxygens (including phenoxy) is 1. The molecule has 1 saturated heterocycles. The molecule has 1 aliphatic heterocycles. The van der Waals surface area contributed by atoms with E-state index in [4.69, 9.17) is 4.74 Å². The van der Waals surface area contributed by atoms with Crippen molar-refractivity contribution in [1.29, 1.82) is 0 Å². The zero-order valence-electron chi connectivity index (χ0n) is 8.24. The van der Waals surface area contributed by atoms with Crippen LogP contribution in [0.1, 0.15) is 39.0 Å². The number of aldehydes is 1. The van der Waals surface area contributed by atoms with Crippen molar-refractivity contribution in [2.45, 2.75) is 51.2 Å². The Kier molecular flexibility index (Phi) is 4.76. The minimum absolute atomic E-state index is 0.229. The molecule has 0 bridgehead atoms. The van der Waals surface area contributed by atoms with E-state index in [0.717, 1.165) is 12.7 Å². The van der Waals surface area contributed by atoms with E-state index in [-0.39, 0.29) is 6.10 Å². The van der Waals surface area contributed by atoms with E-state index in [9.17, 15) is 4.79 Å². The lowest BCUT2D eigenvalue weighted by Crippen LogP contribution is -1.90. The summed E-state index contributed by atoms with van der Waals surface area (Å²) in [6.45, 7) is 2.21. The van der Waals surface area contributed by atoms with Crippen LogP contribution in [0.5, 0.6) is 0 Å². The van der Waals surface area contributed by atoms with Gasteiger partial charge in [0.25, 0.3) is 0 Å². The molecule has 0 N–H and O–H groups in total. The van der Waals surface area contributed by atoms with Crippen LogP contribution in [-0.4, -0.2) is 18.5 Å². The van der Waals surface area contributed by atoms with Gasteiger partial charge >= 0.3 is 0 Å². The molecule has 1 rings (SSSR count).